The lowest BCUT2D eigenvalue weighted by molar-refractivity contribution is 0.829. The maximum absolute atomic E-state index is 4.43. The van der Waals surface area contributed by atoms with Crippen LogP contribution in [0.2, 0.25) is 0 Å². The number of nitrogens with one attached hydrogen (secondary N) is 1. The summed E-state index contributed by atoms with van der Waals surface area (Å²) in [5.41, 5.74) is 1.31. The van der Waals surface area contributed by atoms with Crippen LogP contribution in [0.25, 0.3) is 0 Å². The van der Waals surface area contributed by atoms with E-state index in [1.54, 1.807) is 22.7 Å². The van der Waals surface area contributed by atoms with Crippen LogP contribution in [0.3, 0.4) is 0 Å². The molecule has 0 atom stereocenters. The van der Waals surface area contributed by atoms with Crippen molar-refractivity contribution in [2.45, 2.75) is 13.1 Å². The minimum atomic E-state index is 0.884. The maximum Gasteiger partial charge on any atom is 0.185 e. The molecule has 0 spiro atoms. The highest BCUT2D eigenvalue weighted by atomic mass is 79.9. The second-order valence-electron chi connectivity index (χ2n) is 3.75. The molecule has 0 unspecified atom stereocenters. The highest BCUT2D eigenvalue weighted by molar-refractivity contribution is 9.11. The third kappa shape index (κ3) is 3.51. The highest BCUT2D eigenvalue weighted by Crippen LogP contribution is 2.25. The van der Waals surface area contributed by atoms with Gasteiger partial charge in [-0.05, 0) is 40.0 Å². The summed E-state index contributed by atoms with van der Waals surface area (Å²) in [6, 6.07) is 2.16. The molecule has 92 valence electrons. The SMILES string of the molecule is CNCc1cnc(N(C)Cc2csc(Br)c2)s1. The zero-order chi connectivity index (χ0) is 12.3. The van der Waals surface area contributed by atoms with Crippen molar-refractivity contribution < 1.29 is 0 Å². The number of aromatic nitrogens is 1. The molecule has 0 fully saturated rings. The van der Waals surface area contributed by atoms with Crippen molar-refractivity contribution in [1.29, 1.82) is 0 Å². The summed E-state index contributed by atoms with van der Waals surface area (Å²) in [6.45, 7) is 1.78. The summed E-state index contributed by atoms with van der Waals surface area (Å²) in [6.07, 6.45) is 1.94. The van der Waals surface area contributed by atoms with Crippen molar-refractivity contribution in [2.75, 3.05) is 19.0 Å². The van der Waals surface area contributed by atoms with E-state index in [1.165, 1.54) is 14.2 Å². The maximum atomic E-state index is 4.43. The zero-order valence-corrected chi connectivity index (χ0v) is 13.0. The topological polar surface area (TPSA) is 28.2 Å². The molecule has 0 saturated heterocycles. The van der Waals surface area contributed by atoms with Crippen molar-refractivity contribution in [3.8, 4) is 0 Å². The number of thiophene rings is 1. The van der Waals surface area contributed by atoms with Gasteiger partial charge in [0.2, 0.25) is 0 Å². The summed E-state index contributed by atoms with van der Waals surface area (Å²) in [4.78, 5) is 7.88. The van der Waals surface area contributed by atoms with E-state index in [-0.39, 0.29) is 0 Å². The molecule has 0 amide bonds. The highest BCUT2D eigenvalue weighted by Gasteiger charge is 2.08. The molecule has 1 N–H and O–H groups in total. The summed E-state index contributed by atoms with van der Waals surface area (Å²) in [7, 11) is 4.03. The van der Waals surface area contributed by atoms with Crippen LogP contribution >= 0.6 is 38.6 Å². The first-order valence-electron chi connectivity index (χ1n) is 5.22. The number of nitrogens with zero attached hydrogens (tertiary/aromatic N) is 2. The smallest absolute Gasteiger partial charge is 0.185 e. The average molecular weight is 332 g/mol. The first-order valence-corrected chi connectivity index (χ1v) is 7.71. The molecule has 2 rings (SSSR count). The molecular weight excluding hydrogens is 318 g/mol. The Balaban J connectivity index is 2.01. The van der Waals surface area contributed by atoms with Crippen LogP contribution in [0.15, 0.2) is 21.4 Å². The molecule has 0 aliphatic heterocycles. The van der Waals surface area contributed by atoms with Crippen LogP contribution < -0.4 is 10.2 Å². The summed E-state index contributed by atoms with van der Waals surface area (Å²) < 4.78 is 1.18. The number of rotatable bonds is 5. The fourth-order valence-electron chi connectivity index (χ4n) is 1.50. The van der Waals surface area contributed by atoms with Gasteiger partial charge in [-0.2, -0.15) is 0 Å². The Labute approximate surface area is 118 Å². The van der Waals surface area contributed by atoms with Crippen LogP contribution in [-0.2, 0) is 13.1 Å². The van der Waals surface area contributed by atoms with Crippen LogP contribution in [-0.4, -0.2) is 19.1 Å². The van der Waals surface area contributed by atoms with Crippen LogP contribution in [0, 0.1) is 0 Å². The third-order valence-corrected chi connectivity index (χ3v) is 4.93. The minimum absolute atomic E-state index is 0.884. The lowest BCUT2D eigenvalue weighted by atomic mass is 10.3. The van der Waals surface area contributed by atoms with Crippen LogP contribution in [0.1, 0.15) is 10.4 Å². The predicted octanol–water partition coefficient (Wildman–Crippen LogP) is 3.32. The molecular formula is C11H14BrN3S2. The quantitative estimate of drug-likeness (QED) is 0.910. The summed E-state index contributed by atoms with van der Waals surface area (Å²) >= 11 is 6.94. The number of hydrogen-bond donors (Lipinski definition) is 1. The Morgan fingerprint density at radius 1 is 1.53 bits per heavy atom. The van der Waals surface area contributed by atoms with E-state index in [0.29, 0.717) is 0 Å². The molecule has 0 aromatic carbocycles. The van der Waals surface area contributed by atoms with E-state index in [9.17, 15) is 0 Å². The number of thiazole rings is 1. The van der Waals surface area contributed by atoms with Crippen molar-refractivity contribution in [2.24, 2.45) is 0 Å². The first-order chi connectivity index (χ1) is 8.19. The Bertz CT molecular complexity index is 481. The Morgan fingerprint density at radius 2 is 2.35 bits per heavy atom. The van der Waals surface area contributed by atoms with Gasteiger partial charge >= 0.3 is 0 Å². The van der Waals surface area contributed by atoms with E-state index < -0.39 is 0 Å². The van der Waals surface area contributed by atoms with E-state index in [2.05, 4.69) is 49.6 Å². The lowest BCUT2D eigenvalue weighted by Gasteiger charge is -2.14. The molecule has 0 bridgehead atoms. The normalized spacial score (nSPS) is 10.8. The molecule has 0 aliphatic carbocycles. The van der Waals surface area contributed by atoms with Gasteiger partial charge in [-0.1, -0.05) is 0 Å². The lowest BCUT2D eigenvalue weighted by Crippen LogP contribution is -2.15. The van der Waals surface area contributed by atoms with Gasteiger partial charge in [-0.3, -0.25) is 0 Å². The molecule has 0 aliphatic rings. The Kier molecular flexibility index (Phi) is 4.55. The monoisotopic (exact) mass is 331 g/mol. The van der Waals surface area contributed by atoms with Crippen LogP contribution in [0.5, 0.6) is 0 Å². The average Bonchev–Trinajstić information content (AvgIpc) is 2.88. The van der Waals surface area contributed by atoms with Gasteiger partial charge in [0.25, 0.3) is 0 Å². The fraction of sp³-hybridized carbons (Fsp3) is 0.364. The molecule has 2 heterocycles. The molecule has 2 aromatic heterocycles. The van der Waals surface area contributed by atoms with Crippen molar-refractivity contribution in [1.82, 2.24) is 10.3 Å². The summed E-state index contributed by atoms with van der Waals surface area (Å²) in [5, 5.41) is 6.37. The van der Waals surface area contributed by atoms with Crippen molar-refractivity contribution >= 4 is 43.7 Å². The standard InChI is InChI=1S/C11H14BrN3S2/c1-13-4-9-5-14-11(17-9)15(2)6-8-3-10(12)16-7-8/h3,5,7,13H,4,6H2,1-2H3. The second-order valence-corrected chi connectivity index (χ2v) is 7.14. The zero-order valence-electron chi connectivity index (χ0n) is 9.74. The van der Waals surface area contributed by atoms with Gasteiger partial charge in [-0.25, -0.2) is 4.98 Å². The number of halogens is 1. The third-order valence-electron chi connectivity index (χ3n) is 2.26. The first kappa shape index (κ1) is 13.0. The van der Waals surface area contributed by atoms with Crippen LogP contribution in [0.4, 0.5) is 5.13 Å². The van der Waals surface area contributed by atoms with E-state index in [0.717, 1.165) is 18.2 Å². The number of anilines is 1. The van der Waals surface area contributed by atoms with Gasteiger partial charge < -0.3 is 10.2 Å². The molecule has 17 heavy (non-hydrogen) atoms. The second kappa shape index (κ2) is 5.95. The molecule has 0 radical (unpaired) electrons. The van der Waals surface area contributed by atoms with Gasteiger partial charge in [0.1, 0.15) is 0 Å². The Morgan fingerprint density at radius 3 is 3.00 bits per heavy atom. The van der Waals surface area contributed by atoms with E-state index in [1.807, 2.05) is 13.2 Å². The molecule has 3 nitrogen and oxygen atoms in total. The molecule has 6 heteroatoms. The predicted molar refractivity (Wildman–Crippen MR) is 79.0 cm³/mol. The van der Waals surface area contributed by atoms with Crippen molar-refractivity contribution in [3.05, 3.63) is 31.9 Å². The largest absolute Gasteiger partial charge is 0.347 e. The van der Waals surface area contributed by atoms with E-state index >= 15 is 0 Å². The van der Waals surface area contributed by atoms with Gasteiger partial charge in [0.15, 0.2) is 5.13 Å². The molecule has 0 saturated carbocycles. The van der Waals surface area contributed by atoms with E-state index in [4.69, 9.17) is 0 Å². The number of hydrogen-bond acceptors (Lipinski definition) is 5. The Hall–Kier alpha value is -0.430. The fourth-order valence-corrected chi connectivity index (χ4v) is 3.58. The van der Waals surface area contributed by atoms with Gasteiger partial charge in [0, 0.05) is 31.2 Å². The molecule has 2 aromatic rings. The van der Waals surface area contributed by atoms with Gasteiger partial charge in [-0.15, -0.1) is 22.7 Å². The summed E-state index contributed by atoms with van der Waals surface area (Å²) in [5.74, 6) is 0. The van der Waals surface area contributed by atoms with Crippen molar-refractivity contribution in [3.63, 3.8) is 0 Å². The minimum Gasteiger partial charge on any atom is -0.347 e. The van der Waals surface area contributed by atoms with Gasteiger partial charge in [0.05, 0.1) is 3.79 Å².